The van der Waals surface area contributed by atoms with E-state index in [9.17, 15) is 4.79 Å². The fraction of sp³-hybridized carbons (Fsp3) is 0.571. The lowest BCUT2D eigenvalue weighted by atomic mass is 10.1. The van der Waals surface area contributed by atoms with Crippen molar-refractivity contribution in [3.05, 3.63) is 40.9 Å². The lowest BCUT2D eigenvalue weighted by Crippen LogP contribution is -2.10. The molecule has 140 valence electrons. The number of carbonyl (C=O) groups is 1. The Kier molecular flexibility index (Phi) is 12.3. The first-order chi connectivity index (χ1) is 12.2. The molecule has 0 saturated carbocycles. The highest BCUT2D eigenvalue weighted by Crippen LogP contribution is 2.15. The number of anilines is 1. The molecule has 0 aromatic heterocycles. The van der Waals surface area contributed by atoms with Crippen LogP contribution in [-0.4, -0.2) is 19.1 Å². The molecule has 0 heterocycles. The quantitative estimate of drug-likeness (QED) is 0.298. The van der Waals surface area contributed by atoms with Crippen molar-refractivity contribution in [1.29, 1.82) is 0 Å². The number of allylic oxidation sites excluding steroid dienone is 1. The van der Waals surface area contributed by atoms with Gasteiger partial charge < -0.3 is 10.1 Å². The van der Waals surface area contributed by atoms with Crippen molar-refractivity contribution >= 4 is 27.5 Å². The van der Waals surface area contributed by atoms with Gasteiger partial charge in [-0.15, -0.1) is 0 Å². The van der Waals surface area contributed by atoms with Gasteiger partial charge in [0.2, 0.25) is 5.91 Å². The molecule has 1 rings (SSSR count). The Hall–Kier alpha value is -1.13. The van der Waals surface area contributed by atoms with Crippen molar-refractivity contribution in [3.8, 4) is 0 Å². The number of carbonyl (C=O) groups excluding carboxylic acids is 1. The highest BCUT2D eigenvalue weighted by molar-refractivity contribution is 9.10. The molecule has 0 saturated heterocycles. The SMILES string of the molecule is CCCCCCC[C@@H](C/C=C/CCC(=O)Nc1ccc(Br)cc1)OC. The van der Waals surface area contributed by atoms with Gasteiger partial charge in [0.05, 0.1) is 6.10 Å². The number of unbranched alkanes of at least 4 members (excludes halogenated alkanes) is 4. The number of hydrogen-bond acceptors (Lipinski definition) is 2. The Morgan fingerprint density at radius 2 is 1.88 bits per heavy atom. The molecule has 1 amide bonds. The van der Waals surface area contributed by atoms with Crippen LogP contribution in [0.1, 0.15) is 64.7 Å². The van der Waals surface area contributed by atoms with Crippen molar-refractivity contribution in [2.24, 2.45) is 0 Å². The monoisotopic (exact) mass is 409 g/mol. The maximum absolute atomic E-state index is 11.9. The summed E-state index contributed by atoms with van der Waals surface area (Å²) in [7, 11) is 1.79. The lowest BCUT2D eigenvalue weighted by molar-refractivity contribution is -0.116. The van der Waals surface area contributed by atoms with Crippen LogP contribution in [0.4, 0.5) is 5.69 Å². The zero-order chi connectivity index (χ0) is 18.3. The van der Waals surface area contributed by atoms with Gasteiger partial charge in [-0.1, -0.05) is 67.1 Å². The molecule has 0 aliphatic carbocycles. The maximum Gasteiger partial charge on any atom is 0.224 e. The van der Waals surface area contributed by atoms with E-state index in [4.69, 9.17) is 4.74 Å². The van der Waals surface area contributed by atoms with E-state index in [1.165, 1.54) is 32.1 Å². The number of ether oxygens (including phenoxy) is 1. The van der Waals surface area contributed by atoms with Crippen LogP contribution in [0, 0.1) is 0 Å². The number of halogens is 1. The Bertz CT molecular complexity index is 499. The van der Waals surface area contributed by atoms with E-state index in [-0.39, 0.29) is 5.91 Å². The molecule has 0 radical (unpaired) electrons. The molecule has 1 N–H and O–H groups in total. The van der Waals surface area contributed by atoms with E-state index in [0.717, 1.165) is 29.4 Å². The van der Waals surface area contributed by atoms with Gasteiger partial charge in [0.1, 0.15) is 0 Å². The van der Waals surface area contributed by atoms with Crippen LogP contribution in [0.5, 0.6) is 0 Å². The minimum absolute atomic E-state index is 0.0474. The number of rotatable bonds is 13. The third kappa shape index (κ3) is 11.2. The van der Waals surface area contributed by atoms with Crippen LogP contribution in [0.15, 0.2) is 40.9 Å². The van der Waals surface area contributed by atoms with Crippen molar-refractivity contribution in [2.45, 2.75) is 70.8 Å². The Morgan fingerprint density at radius 1 is 1.16 bits per heavy atom. The zero-order valence-corrected chi connectivity index (χ0v) is 17.2. The van der Waals surface area contributed by atoms with Crippen molar-refractivity contribution < 1.29 is 9.53 Å². The summed E-state index contributed by atoms with van der Waals surface area (Å²) >= 11 is 3.38. The summed E-state index contributed by atoms with van der Waals surface area (Å²) in [4.78, 5) is 11.9. The lowest BCUT2D eigenvalue weighted by Gasteiger charge is -2.12. The minimum Gasteiger partial charge on any atom is -0.381 e. The van der Waals surface area contributed by atoms with Crippen molar-refractivity contribution in [1.82, 2.24) is 0 Å². The van der Waals surface area contributed by atoms with Crippen LogP contribution in [0.2, 0.25) is 0 Å². The normalized spacial score (nSPS) is 12.4. The standard InChI is InChI=1S/C21H32BrNO2/c1-3-4-5-6-8-11-20(25-2)12-9-7-10-13-21(24)23-19-16-14-18(22)15-17-19/h7,9,14-17,20H,3-6,8,10-13H2,1-2H3,(H,23,24)/b9-7+/t20-/m0/s1. The first-order valence-electron chi connectivity index (χ1n) is 9.39. The summed E-state index contributed by atoms with van der Waals surface area (Å²) in [6, 6.07) is 7.62. The van der Waals surface area contributed by atoms with Gasteiger partial charge >= 0.3 is 0 Å². The smallest absolute Gasteiger partial charge is 0.224 e. The molecule has 1 aromatic carbocycles. The second kappa shape index (κ2) is 14.1. The number of amides is 1. The second-order valence-corrected chi connectivity index (χ2v) is 7.28. The van der Waals surface area contributed by atoms with Gasteiger partial charge in [0.15, 0.2) is 0 Å². The van der Waals surface area contributed by atoms with Crippen molar-refractivity contribution in [3.63, 3.8) is 0 Å². The fourth-order valence-electron chi connectivity index (χ4n) is 2.64. The Morgan fingerprint density at radius 3 is 2.56 bits per heavy atom. The van der Waals surface area contributed by atoms with Crippen LogP contribution >= 0.6 is 15.9 Å². The van der Waals surface area contributed by atoms with E-state index in [1.54, 1.807) is 7.11 Å². The summed E-state index contributed by atoms with van der Waals surface area (Å²) in [6.07, 6.45) is 14.3. The van der Waals surface area contributed by atoms with Gasteiger partial charge in [0.25, 0.3) is 0 Å². The first-order valence-corrected chi connectivity index (χ1v) is 10.2. The molecular weight excluding hydrogens is 378 g/mol. The number of benzene rings is 1. The van der Waals surface area contributed by atoms with E-state index in [1.807, 2.05) is 24.3 Å². The number of hydrogen-bond donors (Lipinski definition) is 1. The summed E-state index contributed by atoms with van der Waals surface area (Å²) in [5.41, 5.74) is 0.833. The molecule has 4 heteroatoms. The third-order valence-electron chi connectivity index (χ3n) is 4.19. The molecule has 1 atom stereocenters. The molecule has 1 aromatic rings. The average molecular weight is 410 g/mol. The number of nitrogens with one attached hydrogen (secondary N) is 1. The Labute approximate surface area is 161 Å². The predicted octanol–water partition coefficient (Wildman–Crippen LogP) is 6.49. The van der Waals surface area contributed by atoms with Crippen LogP contribution < -0.4 is 5.32 Å². The average Bonchev–Trinajstić information content (AvgIpc) is 2.61. The van der Waals surface area contributed by atoms with E-state index < -0.39 is 0 Å². The van der Waals surface area contributed by atoms with Gasteiger partial charge in [-0.05, 0) is 43.5 Å². The summed E-state index contributed by atoms with van der Waals surface area (Å²) in [5.74, 6) is 0.0474. The van der Waals surface area contributed by atoms with Crippen LogP contribution in [0.25, 0.3) is 0 Å². The van der Waals surface area contributed by atoms with Crippen molar-refractivity contribution in [2.75, 3.05) is 12.4 Å². The molecule has 0 unspecified atom stereocenters. The largest absolute Gasteiger partial charge is 0.381 e. The highest BCUT2D eigenvalue weighted by atomic mass is 79.9. The third-order valence-corrected chi connectivity index (χ3v) is 4.72. The van der Waals surface area contributed by atoms with Gasteiger partial charge in [0, 0.05) is 23.7 Å². The van der Waals surface area contributed by atoms with Gasteiger partial charge in [-0.25, -0.2) is 0 Å². The molecule has 0 aliphatic heterocycles. The topological polar surface area (TPSA) is 38.3 Å². The summed E-state index contributed by atoms with van der Waals surface area (Å²) < 4.78 is 6.54. The summed E-state index contributed by atoms with van der Waals surface area (Å²) in [5, 5.41) is 2.91. The molecule has 0 fully saturated rings. The van der Waals surface area contributed by atoms with Gasteiger partial charge in [-0.2, -0.15) is 0 Å². The molecular formula is C21H32BrNO2. The Balaban J connectivity index is 2.14. The zero-order valence-electron chi connectivity index (χ0n) is 15.6. The first kappa shape index (κ1) is 21.9. The van der Waals surface area contributed by atoms with E-state index >= 15 is 0 Å². The maximum atomic E-state index is 11.9. The molecule has 0 aliphatic rings. The van der Waals surface area contributed by atoms with Gasteiger partial charge in [-0.3, -0.25) is 4.79 Å². The molecule has 25 heavy (non-hydrogen) atoms. The molecule has 0 spiro atoms. The van der Waals surface area contributed by atoms with E-state index in [0.29, 0.717) is 12.5 Å². The van der Waals surface area contributed by atoms with Crippen LogP contribution in [-0.2, 0) is 9.53 Å². The number of methoxy groups -OCH3 is 1. The molecule has 3 nitrogen and oxygen atoms in total. The molecule has 0 bridgehead atoms. The van der Waals surface area contributed by atoms with E-state index in [2.05, 4.69) is 40.3 Å². The predicted molar refractivity (Wildman–Crippen MR) is 110 cm³/mol. The summed E-state index contributed by atoms with van der Waals surface area (Å²) in [6.45, 7) is 2.24. The second-order valence-electron chi connectivity index (χ2n) is 6.36. The highest BCUT2D eigenvalue weighted by Gasteiger charge is 2.05. The minimum atomic E-state index is 0.0474. The fourth-order valence-corrected chi connectivity index (χ4v) is 2.91. The van der Waals surface area contributed by atoms with Crippen LogP contribution in [0.3, 0.4) is 0 Å².